The Labute approximate surface area is 171 Å². The zero-order valence-electron chi connectivity index (χ0n) is 17.2. The Bertz CT molecular complexity index is 1100. The van der Waals surface area contributed by atoms with E-state index in [0.717, 1.165) is 28.1 Å². The standard InChI is InChI=1S/C21H25N5O2S/c1-14-10-15(2)21(16(3)11-14)29(27,28)25-18-8-6-17(7-9-18)23-20-12-19(26(4)5)13-22-24-20/h6-13,25H,1-5H3,(H,23,24). The molecular formula is C21H25N5O2S. The number of hydrogen-bond donors (Lipinski definition) is 2. The number of nitrogens with one attached hydrogen (secondary N) is 2. The topological polar surface area (TPSA) is 87.2 Å². The van der Waals surface area contributed by atoms with Crippen LogP contribution in [0.5, 0.6) is 0 Å². The van der Waals surface area contributed by atoms with Gasteiger partial charge >= 0.3 is 0 Å². The molecule has 0 unspecified atom stereocenters. The molecule has 0 bridgehead atoms. The molecule has 0 radical (unpaired) electrons. The number of rotatable bonds is 6. The average Bonchev–Trinajstić information content (AvgIpc) is 2.62. The van der Waals surface area contributed by atoms with Crippen molar-refractivity contribution < 1.29 is 8.42 Å². The molecule has 0 fully saturated rings. The second-order valence-corrected chi connectivity index (χ2v) is 8.85. The number of anilines is 4. The highest BCUT2D eigenvalue weighted by molar-refractivity contribution is 7.92. The van der Waals surface area contributed by atoms with Crippen molar-refractivity contribution in [3.05, 3.63) is 65.4 Å². The molecule has 0 aliphatic carbocycles. The van der Waals surface area contributed by atoms with Gasteiger partial charge in [0.2, 0.25) is 0 Å². The highest BCUT2D eigenvalue weighted by Gasteiger charge is 2.20. The number of aryl methyl sites for hydroxylation is 3. The van der Waals surface area contributed by atoms with Crippen LogP contribution in [0.25, 0.3) is 0 Å². The van der Waals surface area contributed by atoms with Gasteiger partial charge in [-0.15, -0.1) is 5.10 Å². The smallest absolute Gasteiger partial charge is 0.262 e. The highest BCUT2D eigenvalue weighted by atomic mass is 32.2. The summed E-state index contributed by atoms with van der Waals surface area (Å²) in [5, 5.41) is 11.2. The lowest BCUT2D eigenvalue weighted by Gasteiger charge is -2.15. The minimum atomic E-state index is -3.68. The molecule has 29 heavy (non-hydrogen) atoms. The van der Waals surface area contributed by atoms with Crippen LogP contribution in [0.3, 0.4) is 0 Å². The monoisotopic (exact) mass is 411 g/mol. The zero-order chi connectivity index (χ0) is 21.2. The van der Waals surface area contributed by atoms with Gasteiger partial charge in [0, 0.05) is 31.5 Å². The Balaban J connectivity index is 1.78. The molecule has 0 aliphatic heterocycles. The fourth-order valence-electron chi connectivity index (χ4n) is 3.23. The normalized spacial score (nSPS) is 11.2. The third kappa shape index (κ3) is 4.83. The molecular weight excluding hydrogens is 386 g/mol. The number of hydrogen-bond acceptors (Lipinski definition) is 6. The van der Waals surface area contributed by atoms with Crippen molar-refractivity contribution in [3.63, 3.8) is 0 Å². The van der Waals surface area contributed by atoms with Gasteiger partial charge < -0.3 is 10.2 Å². The fraction of sp³-hybridized carbons (Fsp3) is 0.238. The van der Waals surface area contributed by atoms with Gasteiger partial charge in [0.1, 0.15) is 0 Å². The molecule has 0 aliphatic rings. The van der Waals surface area contributed by atoms with E-state index in [9.17, 15) is 8.42 Å². The lowest BCUT2D eigenvalue weighted by atomic mass is 10.1. The van der Waals surface area contributed by atoms with Gasteiger partial charge in [-0.3, -0.25) is 4.72 Å². The first-order valence-electron chi connectivity index (χ1n) is 9.13. The summed E-state index contributed by atoms with van der Waals surface area (Å²) in [7, 11) is 0.183. The lowest BCUT2D eigenvalue weighted by molar-refractivity contribution is 0.600. The minimum Gasteiger partial charge on any atom is -0.376 e. The first kappa shape index (κ1) is 20.6. The maximum atomic E-state index is 12.9. The third-order valence-corrected chi connectivity index (χ3v) is 6.13. The Hall–Kier alpha value is -3.13. The first-order valence-corrected chi connectivity index (χ1v) is 10.6. The quantitative estimate of drug-likeness (QED) is 0.637. The first-order chi connectivity index (χ1) is 13.7. The summed E-state index contributed by atoms with van der Waals surface area (Å²) in [4.78, 5) is 2.26. The molecule has 0 atom stereocenters. The van der Waals surface area contributed by atoms with E-state index in [-0.39, 0.29) is 0 Å². The van der Waals surface area contributed by atoms with Crippen LogP contribution in [0.1, 0.15) is 16.7 Å². The van der Waals surface area contributed by atoms with Gasteiger partial charge in [-0.1, -0.05) is 17.7 Å². The van der Waals surface area contributed by atoms with Gasteiger partial charge in [0.15, 0.2) is 5.82 Å². The summed E-state index contributed by atoms with van der Waals surface area (Å²) < 4.78 is 28.4. The summed E-state index contributed by atoms with van der Waals surface area (Å²) in [6.45, 7) is 5.57. The molecule has 2 N–H and O–H groups in total. The van der Waals surface area contributed by atoms with E-state index >= 15 is 0 Å². The van der Waals surface area contributed by atoms with Crippen LogP contribution in [-0.4, -0.2) is 32.7 Å². The van der Waals surface area contributed by atoms with Crippen molar-refractivity contribution in [3.8, 4) is 0 Å². The van der Waals surface area contributed by atoms with Crippen LogP contribution in [0.4, 0.5) is 22.9 Å². The molecule has 3 rings (SSSR count). The van der Waals surface area contributed by atoms with Crippen LogP contribution in [-0.2, 0) is 10.0 Å². The van der Waals surface area contributed by atoms with E-state index in [1.54, 1.807) is 30.5 Å². The van der Waals surface area contributed by atoms with Gasteiger partial charge in [-0.05, 0) is 56.2 Å². The van der Waals surface area contributed by atoms with Crippen LogP contribution in [0, 0.1) is 20.8 Å². The molecule has 7 nitrogen and oxygen atoms in total. The maximum Gasteiger partial charge on any atom is 0.262 e. The van der Waals surface area contributed by atoms with E-state index in [2.05, 4.69) is 20.2 Å². The third-order valence-electron chi connectivity index (χ3n) is 4.44. The van der Waals surface area contributed by atoms with Crippen LogP contribution >= 0.6 is 0 Å². The van der Waals surface area contributed by atoms with Crippen LogP contribution in [0.15, 0.2) is 53.6 Å². The van der Waals surface area contributed by atoms with E-state index in [1.165, 1.54) is 0 Å². The predicted molar refractivity (Wildman–Crippen MR) is 118 cm³/mol. The second-order valence-electron chi connectivity index (χ2n) is 7.23. The van der Waals surface area contributed by atoms with E-state index in [4.69, 9.17) is 0 Å². The van der Waals surface area contributed by atoms with E-state index in [0.29, 0.717) is 16.4 Å². The number of nitrogens with zero attached hydrogens (tertiary/aromatic N) is 3. The Morgan fingerprint density at radius 2 is 1.48 bits per heavy atom. The summed E-state index contributed by atoms with van der Waals surface area (Å²) in [5.41, 5.74) is 4.69. The second kappa shape index (κ2) is 8.08. The average molecular weight is 412 g/mol. The van der Waals surface area contributed by atoms with Crippen molar-refractivity contribution in [2.45, 2.75) is 25.7 Å². The van der Waals surface area contributed by atoms with Crippen molar-refractivity contribution in [1.29, 1.82) is 0 Å². The zero-order valence-corrected chi connectivity index (χ0v) is 18.0. The predicted octanol–water partition coefficient (Wildman–Crippen LogP) is 4.01. The molecule has 0 spiro atoms. The summed E-state index contributed by atoms with van der Waals surface area (Å²) in [6.07, 6.45) is 1.68. The lowest BCUT2D eigenvalue weighted by Crippen LogP contribution is -2.16. The molecule has 1 heterocycles. The summed E-state index contributed by atoms with van der Waals surface area (Å²) in [5.74, 6) is 0.607. The van der Waals surface area contributed by atoms with Gasteiger partial charge in [0.05, 0.1) is 16.8 Å². The number of aromatic nitrogens is 2. The molecule has 0 saturated carbocycles. The molecule has 0 amide bonds. The van der Waals surface area contributed by atoms with Crippen molar-refractivity contribution in [2.75, 3.05) is 29.0 Å². The van der Waals surface area contributed by atoms with Gasteiger partial charge in [0.25, 0.3) is 10.0 Å². The SMILES string of the molecule is Cc1cc(C)c(S(=O)(=O)Nc2ccc(Nc3cc(N(C)C)cnn3)cc2)c(C)c1. The largest absolute Gasteiger partial charge is 0.376 e. The Morgan fingerprint density at radius 3 is 2.07 bits per heavy atom. The Morgan fingerprint density at radius 1 is 0.897 bits per heavy atom. The van der Waals surface area contributed by atoms with E-state index < -0.39 is 10.0 Å². The highest BCUT2D eigenvalue weighted by Crippen LogP contribution is 2.25. The molecule has 1 aromatic heterocycles. The fourth-order valence-corrected chi connectivity index (χ4v) is 4.74. The van der Waals surface area contributed by atoms with E-state index in [1.807, 2.05) is 58.0 Å². The van der Waals surface area contributed by atoms with Crippen molar-refractivity contribution in [2.24, 2.45) is 0 Å². The molecule has 2 aromatic carbocycles. The van der Waals surface area contributed by atoms with Crippen LogP contribution in [0.2, 0.25) is 0 Å². The van der Waals surface area contributed by atoms with Crippen LogP contribution < -0.4 is 14.9 Å². The Kier molecular flexibility index (Phi) is 5.74. The molecule has 152 valence electrons. The summed E-state index contributed by atoms with van der Waals surface area (Å²) in [6, 6.07) is 12.6. The van der Waals surface area contributed by atoms with Gasteiger partial charge in [-0.2, -0.15) is 5.10 Å². The van der Waals surface area contributed by atoms with Gasteiger partial charge in [-0.25, -0.2) is 8.42 Å². The number of benzene rings is 2. The molecule has 8 heteroatoms. The maximum absolute atomic E-state index is 12.9. The molecule has 0 saturated heterocycles. The summed E-state index contributed by atoms with van der Waals surface area (Å²) >= 11 is 0. The minimum absolute atomic E-state index is 0.320. The van der Waals surface area contributed by atoms with Crippen molar-refractivity contribution >= 4 is 32.9 Å². The van der Waals surface area contributed by atoms with Crippen molar-refractivity contribution in [1.82, 2.24) is 10.2 Å². The molecule has 3 aromatic rings. The number of sulfonamides is 1.